The Bertz CT molecular complexity index is 891. The molecule has 0 radical (unpaired) electrons. The summed E-state index contributed by atoms with van der Waals surface area (Å²) >= 11 is 0. The molecule has 140 valence electrons. The van der Waals surface area contributed by atoms with Crippen molar-refractivity contribution in [2.75, 3.05) is 31.1 Å². The fourth-order valence-electron chi connectivity index (χ4n) is 2.94. The standard InChI is InChI=1S/C18H24N4O3S/c1-13(2)18-19-7-6-17(20-18)21-8-10-22(11-9-21)26(24,25)16-12-14(3)4-5-15(16)23/h4-7,12-13,23H,8-11H2,1-3H3. The highest BCUT2D eigenvalue weighted by Crippen LogP contribution is 2.28. The van der Waals surface area contributed by atoms with Crippen molar-refractivity contribution in [1.29, 1.82) is 0 Å². The lowest BCUT2D eigenvalue weighted by Gasteiger charge is -2.34. The maximum Gasteiger partial charge on any atom is 0.246 e. The van der Waals surface area contributed by atoms with Gasteiger partial charge in [-0.25, -0.2) is 18.4 Å². The van der Waals surface area contributed by atoms with Crippen LogP contribution in [-0.4, -0.2) is 54.0 Å². The summed E-state index contributed by atoms with van der Waals surface area (Å²) in [6.45, 7) is 7.65. The van der Waals surface area contributed by atoms with E-state index in [0.29, 0.717) is 26.2 Å². The van der Waals surface area contributed by atoms with Gasteiger partial charge in [0.2, 0.25) is 10.0 Å². The average Bonchev–Trinajstić information content (AvgIpc) is 2.64. The van der Waals surface area contributed by atoms with E-state index in [1.54, 1.807) is 19.2 Å². The van der Waals surface area contributed by atoms with Crippen molar-refractivity contribution in [3.63, 3.8) is 0 Å². The van der Waals surface area contributed by atoms with Gasteiger partial charge in [-0.3, -0.25) is 0 Å². The monoisotopic (exact) mass is 376 g/mol. The van der Waals surface area contributed by atoms with Gasteiger partial charge in [0.25, 0.3) is 0 Å². The van der Waals surface area contributed by atoms with E-state index in [0.717, 1.165) is 17.2 Å². The van der Waals surface area contributed by atoms with Gasteiger partial charge >= 0.3 is 0 Å². The fourth-order valence-corrected chi connectivity index (χ4v) is 4.53. The van der Waals surface area contributed by atoms with Crippen LogP contribution in [0.1, 0.15) is 31.2 Å². The minimum atomic E-state index is -3.72. The van der Waals surface area contributed by atoms with E-state index in [1.807, 2.05) is 19.9 Å². The molecular weight excluding hydrogens is 352 g/mol. The van der Waals surface area contributed by atoms with Gasteiger partial charge in [-0.15, -0.1) is 0 Å². The zero-order valence-electron chi connectivity index (χ0n) is 15.3. The number of nitrogens with zero attached hydrogens (tertiary/aromatic N) is 4. The molecule has 0 amide bonds. The number of hydrogen-bond donors (Lipinski definition) is 1. The number of aromatic nitrogens is 2. The molecule has 0 atom stereocenters. The smallest absolute Gasteiger partial charge is 0.246 e. The summed E-state index contributed by atoms with van der Waals surface area (Å²) in [6.07, 6.45) is 1.74. The first-order chi connectivity index (χ1) is 12.3. The van der Waals surface area contributed by atoms with E-state index in [9.17, 15) is 13.5 Å². The van der Waals surface area contributed by atoms with Gasteiger partial charge in [0.1, 0.15) is 22.3 Å². The zero-order valence-corrected chi connectivity index (χ0v) is 16.1. The van der Waals surface area contributed by atoms with E-state index in [-0.39, 0.29) is 16.6 Å². The molecule has 1 aromatic heterocycles. The van der Waals surface area contributed by atoms with Crippen LogP contribution in [0.5, 0.6) is 5.75 Å². The summed E-state index contributed by atoms with van der Waals surface area (Å²) in [5, 5.41) is 9.98. The van der Waals surface area contributed by atoms with Crippen LogP contribution in [0, 0.1) is 6.92 Å². The van der Waals surface area contributed by atoms with Crippen LogP contribution in [0.4, 0.5) is 5.82 Å². The third kappa shape index (κ3) is 3.66. The molecule has 1 aromatic carbocycles. The molecule has 2 heterocycles. The third-order valence-corrected chi connectivity index (χ3v) is 6.40. The molecule has 0 aliphatic carbocycles. The van der Waals surface area contributed by atoms with Gasteiger partial charge in [0, 0.05) is 38.3 Å². The van der Waals surface area contributed by atoms with Gasteiger partial charge in [0.15, 0.2) is 0 Å². The number of hydrogen-bond acceptors (Lipinski definition) is 6. The second-order valence-electron chi connectivity index (χ2n) is 6.79. The topological polar surface area (TPSA) is 86.6 Å². The van der Waals surface area contributed by atoms with Crippen LogP contribution >= 0.6 is 0 Å². The SMILES string of the molecule is Cc1ccc(O)c(S(=O)(=O)N2CCN(c3ccnc(C(C)C)n3)CC2)c1. The maximum absolute atomic E-state index is 12.9. The van der Waals surface area contributed by atoms with Gasteiger partial charge in [-0.1, -0.05) is 19.9 Å². The number of phenols is 1. The lowest BCUT2D eigenvalue weighted by molar-refractivity contribution is 0.379. The van der Waals surface area contributed by atoms with E-state index >= 15 is 0 Å². The molecule has 1 aliphatic rings. The highest BCUT2D eigenvalue weighted by Gasteiger charge is 2.31. The number of aryl methyl sites for hydroxylation is 1. The Morgan fingerprint density at radius 2 is 1.81 bits per heavy atom. The van der Waals surface area contributed by atoms with Crippen LogP contribution in [0.2, 0.25) is 0 Å². The number of piperazine rings is 1. The van der Waals surface area contributed by atoms with Crippen molar-refractivity contribution < 1.29 is 13.5 Å². The number of aromatic hydroxyl groups is 1. The first-order valence-electron chi connectivity index (χ1n) is 8.66. The average molecular weight is 376 g/mol. The van der Waals surface area contributed by atoms with Crippen molar-refractivity contribution in [3.8, 4) is 5.75 Å². The third-order valence-electron chi connectivity index (χ3n) is 4.47. The summed E-state index contributed by atoms with van der Waals surface area (Å²) in [7, 11) is -3.72. The van der Waals surface area contributed by atoms with E-state index in [4.69, 9.17) is 0 Å². The Hall–Kier alpha value is -2.19. The Morgan fingerprint density at radius 3 is 2.46 bits per heavy atom. The Labute approximate surface area is 154 Å². The molecule has 1 aliphatic heterocycles. The molecule has 1 saturated heterocycles. The van der Waals surface area contributed by atoms with E-state index in [1.165, 1.54) is 16.4 Å². The Balaban J connectivity index is 1.76. The molecule has 0 saturated carbocycles. The normalized spacial score (nSPS) is 16.2. The summed E-state index contributed by atoms with van der Waals surface area (Å²) in [6, 6.07) is 6.47. The number of sulfonamides is 1. The molecule has 0 unspecified atom stereocenters. The molecule has 2 aromatic rings. The van der Waals surface area contributed by atoms with Crippen molar-refractivity contribution >= 4 is 15.8 Å². The second kappa shape index (κ2) is 7.20. The lowest BCUT2D eigenvalue weighted by Crippen LogP contribution is -2.49. The maximum atomic E-state index is 12.9. The van der Waals surface area contributed by atoms with Crippen molar-refractivity contribution in [3.05, 3.63) is 41.9 Å². The molecule has 7 nitrogen and oxygen atoms in total. The van der Waals surface area contributed by atoms with Crippen molar-refractivity contribution in [2.24, 2.45) is 0 Å². The molecule has 26 heavy (non-hydrogen) atoms. The van der Waals surface area contributed by atoms with Crippen LogP contribution in [0.15, 0.2) is 35.4 Å². The second-order valence-corrected chi connectivity index (χ2v) is 8.70. The summed E-state index contributed by atoms with van der Waals surface area (Å²) < 4.78 is 27.2. The number of phenolic OH excluding ortho intramolecular Hbond substituents is 1. The fraction of sp³-hybridized carbons (Fsp3) is 0.444. The van der Waals surface area contributed by atoms with E-state index < -0.39 is 10.0 Å². The van der Waals surface area contributed by atoms with Gasteiger partial charge in [0.05, 0.1) is 0 Å². The molecule has 8 heteroatoms. The molecule has 1 fully saturated rings. The van der Waals surface area contributed by atoms with Gasteiger partial charge in [-0.2, -0.15) is 4.31 Å². The van der Waals surface area contributed by atoms with Crippen LogP contribution in [-0.2, 0) is 10.0 Å². The first kappa shape index (κ1) is 18.6. The Morgan fingerprint density at radius 1 is 1.12 bits per heavy atom. The minimum absolute atomic E-state index is 0.0323. The van der Waals surface area contributed by atoms with Crippen LogP contribution in [0.25, 0.3) is 0 Å². The highest BCUT2D eigenvalue weighted by atomic mass is 32.2. The minimum Gasteiger partial charge on any atom is -0.507 e. The molecule has 1 N–H and O–H groups in total. The zero-order chi connectivity index (χ0) is 18.9. The van der Waals surface area contributed by atoms with Crippen molar-refractivity contribution in [1.82, 2.24) is 14.3 Å². The van der Waals surface area contributed by atoms with Gasteiger partial charge < -0.3 is 10.0 Å². The summed E-state index contributed by atoms with van der Waals surface area (Å²) in [4.78, 5) is 10.9. The molecule has 0 spiro atoms. The summed E-state index contributed by atoms with van der Waals surface area (Å²) in [5.74, 6) is 1.62. The molecule has 3 rings (SSSR count). The quantitative estimate of drug-likeness (QED) is 0.880. The van der Waals surface area contributed by atoms with Gasteiger partial charge in [-0.05, 0) is 30.7 Å². The highest BCUT2D eigenvalue weighted by molar-refractivity contribution is 7.89. The predicted octanol–water partition coefficient (Wildman–Crippen LogP) is 2.12. The number of anilines is 1. The lowest BCUT2D eigenvalue weighted by atomic mass is 10.2. The Kier molecular flexibility index (Phi) is 5.15. The van der Waals surface area contributed by atoms with Crippen LogP contribution in [0.3, 0.4) is 0 Å². The van der Waals surface area contributed by atoms with Crippen molar-refractivity contribution in [2.45, 2.75) is 31.6 Å². The predicted molar refractivity (Wildman–Crippen MR) is 99.9 cm³/mol. The molecular formula is C18H24N4O3S. The molecule has 0 bridgehead atoms. The van der Waals surface area contributed by atoms with Crippen LogP contribution < -0.4 is 4.90 Å². The van der Waals surface area contributed by atoms with E-state index in [2.05, 4.69) is 14.9 Å². The summed E-state index contributed by atoms with van der Waals surface area (Å²) in [5.41, 5.74) is 0.794. The largest absolute Gasteiger partial charge is 0.507 e. The first-order valence-corrected chi connectivity index (χ1v) is 10.1. The number of rotatable bonds is 4. The number of benzene rings is 1.